The highest BCUT2D eigenvalue weighted by atomic mass is 35.5. The molecule has 0 saturated carbocycles. The minimum Gasteiger partial charge on any atom is -0.486 e. The Bertz CT molecular complexity index is 549. The number of likely N-dealkylation sites (N-methyl/N-ethyl adjacent to an activating group) is 1. The molecule has 5 nitrogen and oxygen atoms in total. The molecule has 2 rings (SSSR count). The van der Waals surface area contributed by atoms with E-state index in [1.54, 1.807) is 7.05 Å². The van der Waals surface area contributed by atoms with Gasteiger partial charge in [0.2, 0.25) is 10.0 Å². The molecule has 1 aromatic carbocycles. The number of rotatable bonds is 6. The molecule has 112 valence electrons. The summed E-state index contributed by atoms with van der Waals surface area (Å²) >= 11 is 5.53. The van der Waals surface area contributed by atoms with Crippen molar-refractivity contribution >= 4 is 21.6 Å². The lowest BCUT2D eigenvalue weighted by atomic mass is 10.2. The van der Waals surface area contributed by atoms with Crippen LogP contribution in [-0.4, -0.2) is 50.7 Å². The molecule has 1 unspecified atom stereocenters. The van der Waals surface area contributed by atoms with Crippen LogP contribution in [0, 0.1) is 0 Å². The highest BCUT2D eigenvalue weighted by molar-refractivity contribution is 7.89. The van der Waals surface area contributed by atoms with E-state index < -0.39 is 10.0 Å². The van der Waals surface area contributed by atoms with Gasteiger partial charge >= 0.3 is 0 Å². The van der Waals surface area contributed by atoms with Crippen molar-refractivity contribution in [2.75, 3.05) is 31.8 Å². The number of benzene rings is 1. The van der Waals surface area contributed by atoms with Crippen LogP contribution in [-0.2, 0) is 10.0 Å². The van der Waals surface area contributed by atoms with Crippen LogP contribution in [0.15, 0.2) is 24.3 Å². The molecule has 1 aliphatic rings. The normalized spacial score (nSPS) is 18.2. The van der Waals surface area contributed by atoms with Gasteiger partial charge in [0.25, 0.3) is 0 Å². The Balaban J connectivity index is 1.95. The molecule has 7 heteroatoms. The van der Waals surface area contributed by atoms with Gasteiger partial charge in [0.15, 0.2) is 11.5 Å². The van der Waals surface area contributed by atoms with Crippen molar-refractivity contribution in [2.45, 2.75) is 12.5 Å². The molecule has 0 aliphatic carbocycles. The zero-order valence-electron chi connectivity index (χ0n) is 11.3. The first-order valence-electron chi connectivity index (χ1n) is 6.41. The molecular formula is C13H18ClNO4S. The summed E-state index contributed by atoms with van der Waals surface area (Å²) in [6.07, 6.45) is 0.139. The van der Waals surface area contributed by atoms with Gasteiger partial charge in [0, 0.05) is 12.9 Å². The first-order chi connectivity index (χ1) is 9.53. The van der Waals surface area contributed by atoms with Gasteiger partial charge in [-0.15, -0.1) is 11.6 Å². The second kappa shape index (κ2) is 6.65. The number of alkyl halides is 1. The van der Waals surface area contributed by atoms with Gasteiger partial charge in [0.05, 0.1) is 12.3 Å². The molecule has 1 heterocycles. The summed E-state index contributed by atoms with van der Waals surface area (Å²) in [6, 6.07) is 7.35. The highest BCUT2D eigenvalue weighted by Gasteiger charge is 2.26. The maximum Gasteiger partial charge on any atom is 0.214 e. The Kier molecular flexibility index (Phi) is 5.12. The predicted molar refractivity (Wildman–Crippen MR) is 78.1 cm³/mol. The van der Waals surface area contributed by atoms with E-state index in [0.717, 1.165) is 0 Å². The first kappa shape index (κ1) is 15.4. The van der Waals surface area contributed by atoms with E-state index in [1.807, 2.05) is 24.3 Å². The molecule has 0 N–H and O–H groups in total. The van der Waals surface area contributed by atoms with Crippen molar-refractivity contribution in [3.05, 3.63) is 24.3 Å². The maximum absolute atomic E-state index is 12.0. The van der Waals surface area contributed by atoms with Crippen LogP contribution < -0.4 is 9.47 Å². The van der Waals surface area contributed by atoms with Gasteiger partial charge in [-0.05, 0) is 18.6 Å². The maximum atomic E-state index is 12.0. The third-order valence-corrected chi connectivity index (χ3v) is 5.21. The standard InChI is InChI=1S/C13H18ClNO4S/c1-15(20(16,17)8-4-7-14)9-11-10-18-12-5-2-3-6-13(12)19-11/h2-3,5-6,11H,4,7-10H2,1H3. The van der Waals surface area contributed by atoms with Crippen molar-refractivity contribution in [2.24, 2.45) is 0 Å². The molecule has 20 heavy (non-hydrogen) atoms. The number of halogens is 1. The fraction of sp³-hybridized carbons (Fsp3) is 0.538. The first-order valence-corrected chi connectivity index (χ1v) is 8.56. The quantitative estimate of drug-likeness (QED) is 0.749. The Labute approximate surface area is 124 Å². The average Bonchev–Trinajstić information content (AvgIpc) is 2.45. The Morgan fingerprint density at radius 1 is 1.35 bits per heavy atom. The largest absolute Gasteiger partial charge is 0.486 e. The fourth-order valence-electron chi connectivity index (χ4n) is 1.95. The molecule has 0 spiro atoms. The van der Waals surface area contributed by atoms with Crippen LogP contribution >= 0.6 is 11.6 Å². The molecule has 1 atom stereocenters. The lowest BCUT2D eigenvalue weighted by Gasteiger charge is -2.29. The van der Waals surface area contributed by atoms with Crippen LogP contribution in [0.3, 0.4) is 0 Å². The van der Waals surface area contributed by atoms with E-state index in [2.05, 4.69) is 0 Å². The molecule has 0 aromatic heterocycles. The third-order valence-electron chi connectivity index (χ3n) is 3.04. The highest BCUT2D eigenvalue weighted by Crippen LogP contribution is 2.31. The Hall–Kier alpha value is -0.980. The van der Waals surface area contributed by atoms with E-state index in [4.69, 9.17) is 21.1 Å². The summed E-state index contributed by atoms with van der Waals surface area (Å²) in [5.41, 5.74) is 0. The van der Waals surface area contributed by atoms with E-state index in [-0.39, 0.29) is 18.4 Å². The summed E-state index contributed by atoms with van der Waals surface area (Å²) in [5, 5.41) is 0. The minimum atomic E-state index is -3.29. The third kappa shape index (κ3) is 3.77. The summed E-state index contributed by atoms with van der Waals surface area (Å²) in [7, 11) is -1.74. The van der Waals surface area contributed by atoms with Crippen molar-refractivity contribution in [3.8, 4) is 11.5 Å². The van der Waals surface area contributed by atoms with E-state index in [9.17, 15) is 8.42 Å². The number of fused-ring (bicyclic) bond motifs is 1. The van der Waals surface area contributed by atoms with Gasteiger partial charge in [-0.1, -0.05) is 12.1 Å². The Morgan fingerprint density at radius 2 is 2.05 bits per heavy atom. The monoisotopic (exact) mass is 319 g/mol. The smallest absolute Gasteiger partial charge is 0.214 e. The van der Waals surface area contributed by atoms with Gasteiger partial charge in [-0.3, -0.25) is 0 Å². The van der Waals surface area contributed by atoms with E-state index in [1.165, 1.54) is 4.31 Å². The number of ether oxygens (including phenoxy) is 2. The number of hydrogen-bond donors (Lipinski definition) is 0. The summed E-state index contributed by atoms with van der Waals surface area (Å²) in [6.45, 7) is 0.603. The molecular weight excluding hydrogens is 302 g/mol. The zero-order chi connectivity index (χ0) is 14.6. The van der Waals surface area contributed by atoms with Gasteiger partial charge in [0.1, 0.15) is 12.7 Å². The van der Waals surface area contributed by atoms with Gasteiger partial charge < -0.3 is 9.47 Å². The second-order valence-electron chi connectivity index (χ2n) is 4.64. The molecule has 0 amide bonds. The predicted octanol–water partition coefficient (Wildman–Crippen LogP) is 1.72. The van der Waals surface area contributed by atoms with Gasteiger partial charge in [-0.2, -0.15) is 0 Å². The van der Waals surface area contributed by atoms with Crippen LogP contribution in [0.1, 0.15) is 6.42 Å². The average molecular weight is 320 g/mol. The van der Waals surface area contributed by atoms with Gasteiger partial charge in [-0.25, -0.2) is 12.7 Å². The summed E-state index contributed by atoms with van der Waals surface area (Å²) in [5.74, 6) is 1.73. The summed E-state index contributed by atoms with van der Waals surface area (Å²) in [4.78, 5) is 0. The number of sulfonamides is 1. The number of hydrogen-bond acceptors (Lipinski definition) is 4. The molecule has 0 radical (unpaired) electrons. The molecule has 1 aromatic rings. The Morgan fingerprint density at radius 3 is 2.75 bits per heavy atom. The molecule has 0 fully saturated rings. The van der Waals surface area contributed by atoms with Crippen molar-refractivity contribution < 1.29 is 17.9 Å². The SMILES string of the molecule is CN(CC1COc2ccccc2O1)S(=O)(=O)CCCCl. The molecule has 0 bridgehead atoms. The fourth-order valence-corrected chi connectivity index (χ4v) is 3.45. The second-order valence-corrected chi connectivity index (χ2v) is 7.21. The summed E-state index contributed by atoms with van der Waals surface area (Å²) < 4.78 is 36.6. The van der Waals surface area contributed by atoms with Crippen molar-refractivity contribution in [1.29, 1.82) is 0 Å². The topological polar surface area (TPSA) is 55.8 Å². The molecule has 0 saturated heterocycles. The lowest BCUT2D eigenvalue weighted by molar-refractivity contribution is 0.0798. The van der Waals surface area contributed by atoms with Crippen LogP contribution in [0.25, 0.3) is 0 Å². The van der Waals surface area contributed by atoms with E-state index >= 15 is 0 Å². The van der Waals surface area contributed by atoms with Crippen molar-refractivity contribution in [3.63, 3.8) is 0 Å². The number of para-hydroxylation sites is 2. The van der Waals surface area contributed by atoms with Crippen LogP contribution in [0.4, 0.5) is 0 Å². The van der Waals surface area contributed by atoms with E-state index in [0.29, 0.717) is 30.4 Å². The zero-order valence-corrected chi connectivity index (χ0v) is 12.9. The number of nitrogens with zero attached hydrogens (tertiary/aromatic N) is 1. The van der Waals surface area contributed by atoms with Crippen molar-refractivity contribution in [1.82, 2.24) is 4.31 Å². The molecule has 1 aliphatic heterocycles. The lowest BCUT2D eigenvalue weighted by Crippen LogP contribution is -2.42. The minimum absolute atomic E-state index is 0.0527. The van der Waals surface area contributed by atoms with Crippen LogP contribution in [0.5, 0.6) is 11.5 Å². The van der Waals surface area contributed by atoms with Crippen LogP contribution in [0.2, 0.25) is 0 Å².